The fourth-order valence-electron chi connectivity index (χ4n) is 2.44. The summed E-state index contributed by atoms with van der Waals surface area (Å²) in [5.41, 5.74) is 6.58. The first-order valence-electron chi connectivity index (χ1n) is 7.23. The van der Waals surface area contributed by atoms with Gasteiger partial charge < -0.3 is 20.5 Å². The number of aryl methyl sites for hydroxylation is 1. The molecule has 1 aliphatic rings. The molecule has 2 rings (SSSR count). The molecule has 0 aliphatic heterocycles. The smallest absolute Gasteiger partial charge is 0.242 e. The zero-order chi connectivity index (χ0) is 14.4. The molecule has 0 spiro atoms. The molecule has 0 aromatic carbocycles. The predicted octanol–water partition coefficient (Wildman–Crippen LogP) is 2.14. The minimum Gasteiger partial charge on any atom is -0.474 e. The molecule has 1 aromatic heterocycles. The van der Waals surface area contributed by atoms with Crippen LogP contribution in [0, 0.1) is 6.92 Å². The lowest BCUT2D eigenvalue weighted by atomic mass is 9.95. The van der Waals surface area contributed by atoms with E-state index >= 15 is 0 Å². The van der Waals surface area contributed by atoms with Crippen molar-refractivity contribution in [1.29, 1.82) is 0 Å². The Hall–Kier alpha value is -1.56. The van der Waals surface area contributed by atoms with E-state index in [9.17, 15) is 0 Å². The first-order valence-corrected chi connectivity index (χ1v) is 7.23. The van der Waals surface area contributed by atoms with Crippen LogP contribution < -0.4 is 15.8 Å². The highest BCUT2D eigenvalue weighted by atomic mass is 16.5. The lowest BCUT2D eigenvalue weighted by molar-refractivity contribution is 0.144. The van der Waals surface area contributed by atoms with Crippen LogP contribution in [0.2, 0.25) is 0 Å². The molecule has 6 heteroatoms. The highest BCUT2D eigenvalue weighted by Gasteiger charge is 2.17. The van der Waals surface area contributed by atoms with Gasteiger partial charge in [0, 0.05) is 13.2 Å². The van der Waals surface area contributed by atoms with Gasteiger partial charge in [-0.25, -0.2) is 4.98 Å². The largest absolute Gasteiger partial charge is 0.474 e. The molecule has 112 valence electrons. The molecule has 0 amide bonds. The van der Waals surface area contributed by atoms with Crippen LogP contribution in [0.1, 0.15) is 37.9 Å². The first-order chi connectivity index (χ1) is 9.70. The van der Waals surface area contributed by atoms with Crippen molar-refractivity contribution in [3.05, 3.63) is 5.82 Å². The summed E-state index contributed by atoms with van der Waals surface area (Å²) in [6, 6.07) is 0.451. The van der Waals surface area contributed by atoms with Crippen LogP contribution in [0.25, 0.3) is 0 Å². The van der Waals surface area contributed by atoms with Crippen molar-refractivity contribution in [3.8, 4) is 5.88 Å². The van der Waals surface area contributed by atoms with Gasteiger partial charge in [-0.3, -0.25) is 0 Å². The second-order valence-electron chi connectivity index (χ2n) is 5.16. The Kier molecular flexibility index (Phi) is 5.40. The molecule has 0 unspecified atom stereocenters. The van der Waals surface area contributed by atoms with E-state index in [0.717, 1.165) is 0 Å². The summed E-state index contributed by atoms with van der Waals surface area (Å²) >= 11 is 0. The summed E-state index contributed by atoms with van der Waals surface area (Å²) in [5, 5.41) is 3.43. The van der Waals surface area contributed by atoms with E-state index in [-0.39, 0.29) is 0 Å². The van der Waals surface area contributed by atoms with Crippen molar-refractivity contribution in [1.82, 2.24) is 9.97 Å². The topological polar surface area (TPSA) is 82.3 Å². The SMILES string of the molecule is COCCOc1nc(C)nc(NC2CCCCC2)c1N. The molecular formula is C14H24N4O2. The zero-order valence-electron chi connectivity index (χ0n) is 12.3. The molecule has 1 fully saturated rings. The van der Waals surface area contributed by atoms with Crippen molar-refractivity contribution < 1.29 is 9.47 Å². The van der Waals surface area contributed by atoms with E-state index < -0.39 is 0 Å². The molecule has 1 aromatic rings. The van der Waals surface area contributed by atoms with Gasteiger partial charge in [0.2, 0.25) is 5.88 Å². The van der Waals surface area contributed by atoms with Crippen molar-refractivity contribution in [3.63, 3.8) is 0 Å². The van der Waals surface area contributed by atoms with Crippen molar-refractivity contribution in [2.45, 2.75) is 45.1 Å². The molecular weight excluding hydrogens is 256 g/mol. The van der Waals surface area contributed by atoms with Crippen molar-refractivity contribution in [2.24, 2.45) is 0 Å². The number of nitrogens with zero attached hydrogens (tertiary/aromatic N) is 2. The Morgan fingerprint density at radius 2 is 1.95 bits per heavy atom. The summed E-state index contributed by atoms with van der Waals surface area (Å²) in [6.07, 6.45) is 6.18. The Morgan fingerprint density at radius 3 is 2.65 bits per heavy atom. The molecule has 20 heavy (non-hydrogen) atoms. The average molecular weight is 280 g/mol. The third-order valence-electron chi connectivity index (χ3n) is 3.49. The van der Waals surface area contributed by atoms with Crippen molar-refractivity contribution >= 4 is 11.5 Å². The predicted molar refractivity (Wildman–Crippen MR) is 79.0 cm³/mol. The van der Waals surface area contributed by atoms with Crippen LogP contribution in [-0.2, 0) is 4.74 Å². The molecule has 1 heterocycles. The van der Waals surface area contributed by atoms with Gasteiger partial charge >= 0.3 is 0 Å². The second-order valence-corrected chi connectivity index (χ2v) is 5.16. The summed E-state index contributed by atoms with van der Waals surface area (Å²) < 4.78 is 10.5. The number of nitrogen functional groups attached to an aromatic ring is 1. The van der Waals surface area contributed by atoms with Crippen LogP contribution in [0.5, 0.6) is 5.88 Å². The summed E-state index contributed by atoms with van der Waals surface area (Å²) in [4.78, 5) is 8.64. The van der Waals surface area contributed by atoms with Gasteiger partial charge in [0.15, 0.2) is 5.82 Å². The molecule has 0 bridgehead atoms. The normalized spacial score (nSPS) is 16.1. The highest BCUT2D eigenvalue weighted by Crippen LogP contribution is 2.29. The molecule has 1 saturated carbocycles. The quantitative estimate of drug-likeness (QED) is 0.777. The molecule has 6 nitrogen and oxygen atoms in total. The average Bonchev–Trinajstić information content (AvgIpc) is 2.45. The van der Waals surface area contributed by atoms with Gasteiger partial charge in [-0.05, 0) is 19.8 Å². The number of nitrogens with two attached hydrogens (primary N) is 1. The van der Waals surface area contributed by atoms with E-state index in [2.05, 4.69) is 15.3 Å². The first kappa shape index (κ1) is 14.8. The molecule has 0 radical (unpaired) electrons. The van der Waals surface area contributed by atoms with Crippen LogP contribution in [-0.4, -0.2) is 36.3 Å². The lowest BCUT2D eigenvalue weighted by Crippen LogP contribution is -2.24. The number of hydrogen-bond donors (Lipinski definition) is 2. The molecule has 0 saturated heterocycles. The number of ether oxygens (including phenoxy) is 2. The number of methoxy groups -OCH3 is 1. The van der Waals surface area contributed by atoms with E-state index in [1.54, 1.807) is 7.11 Å². The Labute approximate surface area is 120 Å². The fraction of sp³-hybridized carbons (Fsp3) is 0.714. The minimum atomic E-state index is 0.431. The maximum atomic E-state index is 6.10. The van der Waals surface area contributed by atoms with Gasteiger partial charge in [-0.2, -0.15) is 4.98 Å². The number of nitrogens with one attached hydrogen (secondary N) is 1. The minimum absolute atomic E-state index is 0.431. The van der Waals surface area contributed by atoms with Gasteiger partial charge in [-0.15, -0.1) is 0 Å². The molecule has 1 aliphatic carbocycles. The van der Waals surface area contributed by atoms with Gasteiger partial charge in [-0.1, -0.05) is 19.3 Å². The van der Waals surface area contributed by atoms with Gasteiger partial charge in [0.25, 0.3) is 0 Å². The number of anilines is 2. The van der Waals surface area contributed by atoms with Crippen molar-refractivity contribution in [2.75, 3.05) is 31.4 Å². The summed E-state index contributed by atoms with van der Waals surface area (Å²) in [7, 11) is 1.63. The van der Waals surface area contributed by atoms with Crippen LogP contribution in [0.15, 0.2) is 0 Å². The molecule has 0 atom stereocenters. The maximum Gasteiger partial charge on any atom is 0.242 e. The van der Waals surface area contributed by atoms with Gasteiger partial charge in [0.1, 0.15) is 18.1 Å². The number of rotatable bonds is 6. The third kappa shape index (κ3) is 3.96. The Morgan fingerprint density at radius 1 is 1.20 bits per heavy atom. The third-order valence-corrected chi connectivity index (χ3v) is 3.49. The lowest BCUT2D eigenvalue weighted by Gasteiger charge is -2.24. The number of aromatic nitrogens is 2. The Bertz CT molecular complexity index is 433. The highest BCUT2D eigenvalue weighted by molar-refractivity contribution is 5.67. The van der Waals surface area contributed by atoms with Gasteiger partial charge in [0.05, 0.1) is 6.61 Å². The summed E-state index contributed by atoms with van der Waals surface area (Å²) in [6.45, 7) is 2.78. The molecule has 3 N–H and O–H groups in total. The summed E-state index contributed by atoms with van der Waals surface area (Å²) in [5.74, 6) is 1.79. The second kappa shape index (κ2) is 7.28. The maximum absolute atomic E-state index is 6.10. The van der Waals surface area contributed by atoms with E-state index in [1.807, 2.05) is 6.92 Å². The van der Waals surface area contributed by atoms with E-state index in [0.29, 0.717) is 42.5 Å². The number of hydrogen-bond acceptors (Lipinski definition) is 6. The van der Waals surface area contributed by atoms with Crippen LogP contribution >= 0.6 is 0 Å². The fourth-order valence-corrected chi connectivity index (χ4v) is 2.44. The zero-order valence-corrected chi connectivity index (χ0v) is 12.3. The van der Waals surface area contributed by atoms with E-state index in [4.69, 9.17) is 15.2 Å². The standard InChI is InChI=1S/C14H24N4O2/c1-10-16-13(18-11-6-4-3-5-7-11)12(15)14(17-10)20-9-8-19-2/h11H,3-9,15H2,1-2H3,(H,16,17,18). The Balaban J connectivity index is 2.06. The monoisotopic (exact) mass is 280 g/mol. The van der Waals surface area contributed by atoms with Crippen LogP contribution in [0.4, 0.5) is 11.5 Å². The van der Waals surface area contributed by atoms with E-state index in [1.165, 1.54) is 32.1 Å². The van der Waals surface area contributed by atoms with Crippen LogP contribution in [0.3, 0.4) is 0 Å².